The molecule has 2 heterocycles. The van der Waals surface area contributed by atoms with Crippen LogP contribution < -0.4 is 0 Å². The number of pyridine rings is 1. The molecular weight excluding hydrogens is 508 g/mol. The lowest BCUT2D eigenvalue weighted by Gasteiger charge is -2.15. The molecule has 0 aliphatic heterocycles. The SMILES string of the molecule is CC(C)c1cc(-c2ccnc(-c3cccc(-c4cccc5sc(-c6ccccc6O)nc45)c3)c2)cc(C(C)C)c1. The first-order chi connectivity index (χ1) is 19.4. The molecule has 0 aliphatic carbocycles. The summed E-state index contributed by atoms with van der Waals surface area (Å²) in [4.78, 5) is 9.72. The fourth-order valence-corrected chi connectivity index (χ4v) is 6.10. The van der Waals surface area contributed by atoms with E-state index >= 15 is 0 Å². The van der Waals surface area contributed by atoms with Crippen molar-refractivity contribution in [3.8, 4) is 49.8 Å². The molecule has 198 valence electrons. The Balaban J connectivity index is 1.40. The van der Waals surface area contributed by atoms with Crippen molar-refractivity contribution in [3.05, 3.63) is 114 Å². The van der Waals surface area contributed by atoms with Crippen LogP contribution in [0, 0.1) is 0 Å². The number of benzene rings is 4. The Labute approximate surface area is 239 Å². The van der Waals surface area contributed by atoms with E-state index in [1.165, 1.54) is 22.3 Å². The van der Waals surface area contributed by atoms with Crippen molar-refractivity contribution in [3.63, 3.8) is 0 Å². The molecular formula is C36H32N2OS. The number of para-hydroxylation sites is 2. The Morgan fingerprint density at radius 2 is 1.32 bits per heavy atom. The van der Waals surface area contributed by atoms with Gasteiger partial charge in [0, 0.05) is 17.3 Å². The van der Waals surface area contributed by atoms with Crippen molar-refractivity contribution in [2.24, 2.45) is 0 Å². The highest BCUT2D eigenvalue weighted by molar-refractivity contribution is 7.21. The normalized spacial score (nSPS) is 11.6. The minimum atomic E-state index is 0.246. The van der Waals surface area contributed by atoms with E-state index in [4.69, 9.17) is 9.97 Å². The Hall–Kier alpha value is -4.28. The van der Waals surface area contributed by atoms with Gasteiger partial charge in [-0.3, -0.25) is 4.98 Å². The van der Waals surface area contributed by atoms with Gasteiger partial charge in [-0.05, 0) is 76.1 Å². The lowest BCUT2D eigenvalue weighted by Crippen LogP contribution is -1.95. The van der Waals surface area contributed by atoms with E-state index in [2.05, 4.69) is 100 Å². The number of thiazole rings is 1. The van der Waals surface area contributed by atoms with Crippen molar-refractivity contribution in [1.82, 2.24) is 9.97 Å². The molecule has 0 unspecified atom stereocenters. The number of phenols is 1. The predicted octanol–water partition coefficient (Wildman–Crippen LogP) is 10.3. The van der Waals surface area contributed by atoms with Gasteiger partial charge in [-0.25, -0.2) is 4.98 Å². The molecule has 0 aliphatic rings. The van der Waals surface area contributed by atoms with Gasteiger partial charge in [0.15, 0.2) is 0 Å². The Kier molecular flexibility index (Phi) is 6.95. The van der Waals surface area contributed by atoms with Crippen LogP contribution in [0.15, 0.2) is 103 Å². The summed E-state index contributed by atoms with van der Waals surface area (Å²) < 4.78 is 1.09. The van der Waals surface area contributed by atoms with E-state index in [1.54, 1.807) is 17.4 Å². The predicted molar refractivity (Wildman–Crippen MR) is 169 cm³/mol. The summed E-state index contributed by atoms with van der Waals surface area (Å²) in [5.74, 6) is 1.18. The number of aromatic hydroxyl groups is 1. The Bertz CT molecular complexity index is 1810. The molecule has 0 saturated carbocycles. The summed E-state index contributed by atoms with van der Waals surface area (Å²) in [6, 6.07) is 33.5. The van der Waals surface area contributed by atoms with Gasteiger partial charge >= 0.3 is 0 Å². The molecule has 40 heavy (non-hydrogen) atoms. The summed E-state index contributed by atoms with van der Waals surface area (Å²) in [5.41, 5.74) is 11.0. The molecule has 0 radical (unpaired) electrons. The summed E-state index contributed by atoms with van der Waals surface area (Å²) in [7, 11) is 0. The monoisotopic (exact) mass is 540 g/mol. The highest BCUT2D eigenvalue weighted by Crippen LogP contribution is 2.39. The van der Waals surface area contributed by atoms with Crippen molar-refractivity contribution in [1.29, 1.82) is 0 Å². The zero-order valence-corrected chi connectivity index (χ0v) is 24.0. The molecule has 0 saturated heterocycles. The molecule has 2 aromatic heterocycles. The number of phenolic OH excluding ortho intramolecular Hbond substituents is 1. The standard InChI is InChI=1S/C36H32N2OS/c1-22(2)27-18-28(23(3)4)20-29(19-27)24-15-16-37-32(21-24)26-10-7-9-25(17-26)30-12-8-14-34-35(30)38-36(40-34)31-11-5-6-13-33(31)39/h5-23,39H,1-4H3. The maximum atomic E-state index is 10.4. The van der Waals surface area contributed by atoms with Crippen LogP contribution in [0.5, 0.6) is 5.75 Å². The molecule has 1 N–H and O–H groups in total. The molecule has 0 atom stereocenters. The average molecular weight is 541 g/mol. The third-order valence-corrected chi connectivity index (χ3v) is 8.48. The fraction of sp³-hybridized carbons (Fsp3) is 0.167. The van der Waals surface area contributed by atoms with Gasteiger partial charge in [-0.1, -0.05) is 88.4 Å². The zero-order chi connectivity index (χ0) is 27.8. The lowest BCUT2D eigenvalue weighted by molar-refractivity contribution is 0.477. The average Bonchev–Trinajstić information content (AvgIpc) is 3.41. The van der Waals surface area contributed by atoms with Crippen LogP contribution in [0.25, 0.3) is 54.3 Å². The smallest absolute Gasteiger partial charge is 0.128 e. The number of aromatic nitrogens is 2. The second-order valence-corrected chi connectivity index (χ2v) is 11.9. The quantitative estimate of drug-likeness (QED) is 0.229. The maximum absolute atomic E-state index is 10.4. The number of fused-ring (bicyclic) bond motifs is 1. The van der Waals surface area contributed by atoms with Crippen LogP contribution in [0.1, 0.15) is 50.7 Å². The lowest BCUT2D eigenvalue weighted by atomic mass is 9.90. The van der Waals surface area contributed by atoms with Crippen LogP contribution in [-0.2, 0) is 0 Å². The van der Waals surface area contributed by atoms with Crippen molar-refractivity contribution in [2.45, 2.75) is 39.5 Å². The van der Waals surface area contributed by atoms with Gasteiger partial charge in [0.2, 0.25) is 0 Å². The molecule has 6 rings (SSSR count). The first-order valence-corrected chi connectivity index (χ1v) is 14.6. The topological polar surface area (TPSA) is 46.0 Å². The summed E-state index contributed by atoms with van der Waals surface area (Å²) in [6.07, 6.45) is 1.91. The summed E-state index contributed by atoms with van der Waals surface area (Å²) in [5, 5.41) is 11.2. The minimum Gasteiger partial charge on any atom is -0.507 e. The van der Waals surface area contributed by atoms with E-state index < -0.39 is 0 Å². The van der Waals surface area contributed by atoms with E-state index in [0.717, 1.165) is 43.2 Å². The van der Waals surface area contributed by atoms with E-state index in [9.17, 15) is 5.11 Å². The minimum absolute atomic E-state index is 0.246. The second-order valence-electron chi connectivity index (χ2n) is 10.9. The molecule has 3 nitrogen and oxygen atoms in total. The van der Waals surface area contributed by atoms with Crippen LogP contribution in [-0.4, -0.2) is 15.1 Å². The largest absolute Gasteiger partial charge is 0.507 e. The van der Waals surface area contributed by atoms with Crippen LogP contribution in [0.2, 0.25) is 0 Å². The number of hydrogen-bond acceptors (Lipinski definition) is 4. The van der Waals surface area contributed by atoms with Gasteiger partial charge in [0.25, 0.3) is 0 Å². The van der Waals surface area contributed by atoms with Gasteiger partial charge in [-0.2, -0.15) is 0 Å². The van der Waals surface area contributed by atoms with Crippen LogP contribution in [0.3, 0.4) is 0 Å². The fourth-order valence-electron chi connectivity index (χ4n) is 5.08. The maximum Gasteiger partial charge on any atom is 0.128 e. The van der Waals surface area contributed by atoms with Gasteiger partial charge in [0.1, 0.15) is 10.8 Å². The molecule has 0 bridgehead atoms. The molecule has 0 spiro atoms. The highest BCUT2D eigenvalue weighted by Gasteiger charge is 2.15. The Morgan fingerprint density at radius 1 is 0.625 bits per heavy atom. The molecule has 0 amide bonds. The first kappa shape index (κ1) is 26.0. The van der Waals surface area contributed by atoms with Crippen molar-refractivity contribution >= 4 is 21.6 Å². The molecule has 4 heteroatoms. The summed E-state index contributed by atoms with van der Waals surface area (Å²) >= 11 is 1.60. The first-order valence-electron chi connectivity index (χ1n) is 13.8. The van der Waals surface area contributed by atoms with Crippen LogP contribution in [0.4, 0.5) is 0 Å². The molecule has 0 fully saturated rings. The Morgan fingerprint density at radius 3 is 2.08 bits per heavy atom. The number of hydrogen-bond donors (Lipinski definition) is 1. The van der Waals surface area contributed by atoms with Gasteiger partial charge < -0.3 is 5.11 Å². The summed E-state index contributed by atoms with van der Waals surface area (Å²) in [6.45, 7) is 9.00. The van der Waals surface area contributed by atoms with Crippen LogP contribution >= 0.6 is 11.3 Å². The van der Waals surface area contributed by atoms with Gasteiger partial charge in [-0.15, -0.1) is 11.3 Å². The van der Waals surface area contributed by atoms with Crippen molar-refractivity contribution < 1.29 is 5.11 Å². The third kappa shape index (κ3) is 5.03. The van der Waals surface area contributed by atoms with E-state index in [-0.39, 0.29) is 5.75 Å². The van der Waals surface area contributed by atoms with Gasteiger partial charge in [0.05, 0.1) is 21.5 Å². The van der Waals surface area contributed by atoms with Crippen molar-refractivity contribution in [2.75, 3.05) is 0 Å². The van der Waals surface area contributed by atoms with E-state index in [1.807, 2.05) is 24.4 Å². The second kappa shape index (κ2) is 10.7. The third-order valence-electron chi connectivity index (χ3n) is 7.43. The molecule has 6 aromatic rings. The number of rotatable bonds is 6. The van der Waals surface area contributed by atoms with E-state index in [0.29, 0.717) is 11.8 Å². The highest BCUT2D eigenvalue weighted by atomic mass is 32.1. The molecule has 4 aromatic carbocycles. The number of nitrogens with zero attached hydrogens (tertiary/aromatic N) is 2. The zero-order valence-electron chi connectivity index (χ0n) is 23.2.